The van der Waals surface area contributed by atoms with Crippen LogP contribution in [0.1, 0.15) is 36.6 Å². The van der Waals surface area contributed by atoms with Crippen molar-refractivity contribution >= 4 is 23.7 Å². The number of nitrogens with zero attached hydrogens (tertiary/aromatic N) is 1. The van der Waals surface area contributed by atoms with Gasteiger partial charge in [0.25, 0.3) is 0 Å². The molecule has 29 heavy (non-hydrogen) atoms. The number of benzene rings is 2. The summed E-state index contributed by atoms with van der Waals surface area (Å²) in [6.45, 7) is 4.27. The van der Waals surface area contributed by atoms with Gasteiger partial charge in [-0.1, -0.05) is 49.7 Å². The maximum Gasteiger partial charge on any atom is 0.410 e. The van der Waals surface area contributed by atoms with Crippen LogP contribution < -0.4 is 4.74 Å². The summed E-state index contributed by atoms with van der Waals surface area (Å²) >= 11 is 6.25. The van der Waals surface area contributed by atoms with Gasteiger partial charge in [-0.15, -0.1) is 0 Å². The largest absolute Gasteiger partial charge is 0.482 e. The van der Waals surface area contributed by atoms with Crippen molar-refractivity contribution in [2.45, 2.75) is 26.3 Å². The Hall–Kier alpha value is -2.73. The fourth-order valence-corrected chi connectivity index (χ4v) is 3.60. The van der Waals surface area contributed by atoms with Crippen LogP contribution in [0.25, 0.3) is 0 Å². The van der Waals surface area contributed by atoms with Gasteiger partial charge in [-0.05, 0) is 41.7 Å². The van der Waals surface area contributed by atoms with Crippen molar-refractivity contribution in [1.29, 1.82) is 0 Å². The normalized spacial score (nSPS) is 15.7. The van der Waals surface area contributed by atoms with E-state index in [-0.39, 0.29) is 5.92 Å². The molecule has 7 heteroatoms. The fraction of sp³-hybridized carbons (Fsp3) is 0.364. The third kappa shape index (κ3) is 5.01. The van der Waals surface area contributed by atoms with Crippen LogP contribution in [0, 0.1) is 5.92 Å². The number of ether oxygens (including phenoxy) is 2. The molecule has 3 rings (SSSR count). The van der Waals surface area contributed by atoms with Gasteiger partial charge in [0.1, 0.15) is 5.75 Å². The molecule has 1 amide bonds. The SMILES string of the molecule is CC(C)COC(=O)N1CCc2ccccc2C1c1cc(Cl)ccc1OCC(=O)O. The molecular weight excluding hydrogens is 394 g/mol. The molecule has 0 spiro atoms. The first-order valence-corrected chi connectivity index (χ1v) is 9.90. The molecule has 0 fully saturated rings. The molecule has 2 aromatic carbocycles. The molecule has 0 saturated carbocycles. The predicted octanol–water partition coefficient (Wildman–Crippen LogP) is 4.54. The summed E-state index contributed by atoms with van der Waals surface area (Å²) in [7, 11) is 0. The van der Waals surface area contributed by atoms with Crippen LogP contribution in [0.15, 0.2) is 42.5 Å². The number of aliphatic carboxylic acids is 1. The average Bonchev–Trinajstić information content (AvgIpc) is 2.70. The number of carboxylic acid groups (broad SMARTS) is 1. The standard InChI is InChI=1S/C22H24ClNO5/c1-14(2)12-29-22(27)24-10-9-15-5-3-4-6-17(15)21(24)18-11-16(23)7-8-19(18)28-13-20(25)26/h3-8,11,14,21H,9-10,12-13H2,1-2H3,(H,25,26). The number of fused-ring (bicyclic) bond motifs is 1. The minimum atomic E-state index is -1.08. The second kappa shape index (κ2) is 9.18. The number of carbonyl (C=O) groups excluding carboxylic acids is 1. The lowest BCUT2D eigenvalue weighted by Crippen LogP contribution is -2.41. The van der Waals surface area contributed by atoms with E-state index < -0.39 is 24.7 Å². The molecule has 0 saturated heterocycles. The quantitative estimate of drug-likeness (QED) is 0.746. The summed E-state index contributed by atoms with van der Waals surface area (Å²) in [6, 6.07) is 12.4. The monoisotopic (exact) mass is 417 g/mol. The van der Waals surface area contributed by atoms with Gasteiger partial charge >= 0.3 is 12.1 Å². The molecule has 1 N–H and O–H groups in total. The first kappa shape index (κ1) is 21.0. The highest BCUT2D eigenvalue weighted by atomic mass is 35.5. The molecule has 1 aliphatic rings. The molecule has 6 nitrogen and oxygen atoms in total. The van der Waals surface area contributed by atoms with Gasteiger partial charge in [-0.2, -0.15) is 0 Å². The molecule has 0 aromatic heterocycles. The third-order valence-corrected chi connectivity index (χ3v) is 4.91. The fourth-order valence-electron chi connectivity index (χ4n) is 3.42. The summed E-state index contributed by atoms with van der Waals surface area (Å²) in [5, 5.41) is 9.49. The van der Waals surface area contributed by atoms with E-state index in [1.54, 1.807) is 23.1 Å². The van der Waals surface area contributed by atoms with Crippen molar-refractivity contribution in [3.63, 3.8) is 0 Å². The van der Waals surface area contributed by atoms with Crippen LogP contribution in [0.2, 0.25) is 5.02 Å². The summed E-state index contributed by atoms with van der Waals surface area (Å²) in [5.74, 6) is -0.488. The molecule has 1 unspecified atom stereocenters. The average molecular weight is 418 g/mol. The second-order valence-corrected chi connectivity index (χ2v) is 7.82. The lowest BCUT2D eigenvalue weighted by molar-refractivity contribution is -0.139. The van der Waals surface area contributed by atoms with Crippen LogP contribution in [0.5, 0.6) is 5.75 Å². The smallest absolute Gasteiger partial charge is 0.410 e. The zero-order valence-corrected chi connectivity index (χ0v) is 17.2. The number of hydrogen-bond donors (Lipinski definition) is 1. The van der Waals surface area contributed by atoms with E-state index in [9.17, 15) is 9.59 Å². The van der Waals surface area contributed by atoms with E-state index in [1.165, 1.54) is 0 Å². The first-order valence-electron chi connectivity index (χ1n) is 9.52. The lowest BCUT2D eigenvalue weighted by Gasteiger charge is -2.37. The van der Waals surface area contributed by atoms with Crippen LogP contribution in [0.4, 0.5) is 4.79 Å². The molecule has 1 atom stereocenters. The Labute approximate surface area is 175 Å². The molecule has 1 heterocycles. The van der Waals surface area contributed by atoms with Crippen molar-refractivity contribution in [1.82, 2.24) is 4.90 Å². The lowest BCUT2D eigenvalue weighted by atomic mass is 9.88. The second-order valence-electron chi connectivity index (χ2n) is 7.38. The number of halogens is 1. The molecule has 0 aliphatic carbocycles. The molecule has 0 bridgehead atoms. The number of rotatable bonds is 6. The van der Waals surface area contributed by atoms with E-state index in [2.05, 4.69) is 0 Å². The molecule has 0 radical (unpaired) electrons. The van der Waals surface area contributed by atoms with Crippen molar-refractivity contribution in [2.24, 2.45) is 5.92 Å². The topological polar surface area (TPSA) is 76.1 Å². The summed E-state index contributed by atoms with van der Waals surface area (Å²) in [6.07, 6.45) is 0.289. The van der Waals surface area contributed by atoms with Crippen LogP contribution >= 0.6 is 11.6 Å². The van der Waals surface area contributed by atoms with Crippen molar-refractivity contribution in [2.75, 3.05) is 19.8 Å². The number of carbonyl (C=O) groups is 2. The van der Waals surface area contributed by atoms with Gasteiger partial charge in [0.2, 0.25) is 0 Å². The Morgan fingerprint density at radius 1 is 1.21 bits per heavy atom. The Bertz CT molecular complexity index is 899. The van der Waals surface area contributed by atoms with E-state index in [4.69, 9.17) is 26.2 Å². The maximum atomic E-state index is 12.9. The highest BCUT2D eigenvalue weighted by Gasteiger charge is 2.35. The summed E-state index contributed by atoms with van der Waals surface area (Å²) < 4.78 is 11.0. The van der Waals surface area contributed by atoms with Crippen molar-refractivity contribution in [3.8, 4) is 5.75 Å². The van der Waals surface area contributed by atoms with Gasteiger partial charge in [0.15, 0.2) is 6.61 Å². The number of amides is 1. The highest BCUT2D eigenvalue weighted by Crippen LogP contribution is 2.40. The minimum absolute atomic E-state index is 0.218. The highest BCUT2D eigenvalue weighted by molar-refractivity contribution is 6.30. The van der Waals surface area contributed by atoms with Gasteiger partial charge in [0, 0.05) is 17.1 Å². The van der Waals surface area contributed by atoms with E-state index >= 15 is 0 Å². The maximum absolute atomic E-state index is 12.9. The Morgan fingerprint density at radius 2 is 1.97 bits per heavy atom. The zero-order valence-electron chi connectivity index (χ0n) is 16.4. The molecule has 2 aromatic rings. The van der Waals surface area contributed by atoms with E-state index in [0.29, 0.717) is 35.9 Å². The van der Waals surface area contributed by atoms with Crippen LogP contribution in [-0.2, 0) is 16.0 Å². The Kier molecular flexibility index (Phi) is 6.64. The Balaban J connectivity index is 2.05. The number of carboxylic acids is 1. The third-order valence-electron chi connectivity index (χ3n) is 4.68. The minimum Gasteiger partial charge on any atom is -0.482 e. The van der Waals surface area contributed by atoms with E-state index in [0.717, 1.165) is 11.1 Å². The van der Waals surface area contributed by atoms with E-state index in [1.807, 2.05) is 38.1 Å². The van der Waals surface area contributed by atoms with Gasteiger partial charge in [-0.3, -0.25) is 4.90 Å². The molecule has 154 valence electrons. The Morgan fingerprint density at radius 3 is 2.69 bits per heavy atom. The summed E-state index contributed by atoms with van der Waals surface area (Å²) in [5.41, 5.74) is 2.70. The van der Waals surface area contributed by atoms with Gasteiger partial charge in [0.05, 0.1) is 12.6 Å². The van der Waals surface area contributed by atoms with Gasteiger partial charge < -0.3 is 14.6 Å². The van der Waals surface area contributed by atoms with Gasteiger partial charge in [-0.25, -0.2) is 9.59 Å². The molecule has 1 aliphatic heterocycles. The van der Waals surface area contributed by atoms with Crippen LogP contribution in [-0.4, -0.2) is 41.8 Å². The predicted molar refractivity (Wildman–Crippen MR) is 109 cm³/mol. The first-order chi connectivity index (χ1) is 13.9. The van der Waals surface area contributed by atoms with Crippen LogP contribution in [0.3, 0.4) is 0 Å². The summed E-state index contributed by atoms with van der Waals surface area (Å²) in [4.78, 5) is 25.6. The van der Waals surface area contributed by atoms with Crippen molar-refractivity contribution < 1.29 is 24.2 Å². The zero-order chi connectivity index (χ0) is 21.0. The number of hydrogen-bond acceptors (Lipinski definition) is 4. The molecular formula is C22H24ClNO5. The van der Waals surface area contributed by atoms with Crippen molar-refractivity contribution in [3.05, 3.63) is 64.2 Å².